The summed E-state index contributed by atoms with van der Waals surface area (Å²) in [6, 6.07) is 2.82. The van der Waals surface area contributed by atoms with Crippen LogP contribution in [-0.2, 0) is 10.0 Å². The smallest absolute Gasteiger partial charge is 0.271 e. The number of rotatable bonds is 5. The monoisotopic (exact) mass is 343 g/mol. The van der Waals surface area contributed by atoms with Crippen LogP contribution in [-0.4, -0.2) is 37.3 Å². The average Bonchev–Trinajstić information content (AvgIpc) is 2.36. The molecule has 0 saturated heterocycles. The topological polar surface area (TPSA) is 107 Å². The summed E-state index contributed by atoms with van der Waals surface area (Å²) in [5, 5.41) is 10.4. The van der Waals surface area contributed by atoms with E-state index in [1.807, 2.05) is 0 Å². The Hall–Kier alpha value is -0.930. The Labute approximate surface area is 128 Å². The van der Waals surface area contributed by atoms with Crippen LogP contribution in [0.4, 0.5) is 5.69 Å². The number of benzene rings is 1. The third-order valence-electron chi connectivity index (χ3n) is 2.75. The lowest BCUT2D eigenvalue weighted by molar-refractivity contribution is -0.384. The summed E-state index contributed by atoms with van der Waals surface area (Å²) < 4.78 is 25.6. The maximum Gasteiger partial charge on any atom is 0.271 e. The normalized spacial score (nSPS) is 12.8. The van der Waals surface area contributed by atoms with Crippen molar-refractivity contribution >= 4 is 39.7 Å². The molecule has 1 unspecified atom stereocenters. The number of sulfonamides is 1. The Morgan fingerprint density at radius 3 is 2.45 bits per heavy atom. The van der Waals surface area contributed by atoms with Crippen LogP contribution in [0, 0.1) is 10.1 Å². The highest BCUT2D eigenvalue weighted by Crippen LogP contribution is 2.28. The zero-order valence-electron chi connectivity index (χ0n) is 10.8. The number of likely N-dealkylation sites (N-methyl/N-ethyl adjacent to an activating group) is 1. The van der Waals surface area contributed by atoms with Gasteiger partial charge in [-0.3, -0.25) is 10.1 Å². The number of nitrogens with two attached hydrogens (primary N) is 1. The molecule has 10 heteroatoms. The van der Waals surface area contributed by atoms with Crippen LogP contribution < -0.4 is 5.73 Å². The number of hydrogen-bond acceptors (Lipinski definition) is 5. The minimum absolute atomic E-state index is 0. The van der Waals surface area contributed by atoms with Crippen molar-refractivity contribution in [2.75, 3.05) is 13.6 Å². The van der Waals surface area contributed by atoms with E-state index in [9.17, 15) is 18.5 Å². The lowest BCUT2D eigenvalue weighted by Gasteiger charge is -2.23. The molecular weight excluding hydrogens is 329 g/mol. The number of nitrogens with zero attached hydrogens (tertiary/aromatic N) is 2. The molecule has 0 spiro atoms. The minimum atomic E-state index is -3.82. The van der Waals surface area contributed by atoms with E-state index in [0.717, 1.165) is 22.5 Å². The van der Waals surface area contributed by atoms with Gasteiger partial charge in [0.1, 0.15) is 4.90 Å². The zero-order chi connectivity index (χ0) is 14.8. The Morgan fingerprint density at radius 1 is 1.50 bits per heavy atom. The average molecular weight is 344 g/mol. The zero-order valence-corrected chi connectivity index (χ0v) is 13.2. The van der Waals surface area contributed by atoms with Gasteiger partial charge < -0.3 is 5.73 Å². The molecule has 0 aromatic heterocycles. The first-order valence-corrected chi connectivity index (χ1v) is 7.15. The van der Waals surface area contributed by atoms with Gasteiger partial charge >= 0.3 is 0 Å². The first-order chi connectivity index (χ1) is 8.71. The molecule has 1 rings (SSSR count). The van der Waals surface area contributed by atoms with Gasteiger partial charge in [-0.25, -0.2) is 8.42 Å². The Balaban J connectivity index is 0.00000361. The van der Waals surface area contributed by atoms with E-state index in [1.165, 1.54) is 7.05 Å². The highest BCUT2D eigenvalue weighted by atomic mass is 35.5. The molecule has 1 aromatic carbocycles. The lowest BCUT2D eigenvalue weighted by atomic mass is 10.3. The van der Waals surface area contributed by atoms with Crippen LogP contribution in [0.2, 0.25) is 5.02 Å². The van der Waals surface area contributed by atoms with Gasteiger partial charge in [-0.2, -0.15) is 4.31 Å². The molecule has 0 aliphatic carbocycles. The molecule has 1 aromatic rings. The van der Waals surface area contributed by atoms with Gasteiger partial charge in [0.25, 0.3) is 5.69 Å². The van der Waals surface area contributed by atoms with E-state index >= 15 is 0 Å². The third kappa shape index (κ3) is 3.80. The first-order valence-electron chi connectivity index (χ1n) is 5.34. The van der Waals surface area contributed by atoms with E-state index in [-0.39, 0.29) is 34.6 Å². The molecule has 1 atom stereocenters. The Bertz CT molecular complexity index is 594. The molecule has 7 nitrogen and oxygen atoms in total. The highest BCUT2D eigenvalue weighted by Gasteiger charge is 2.27. The minimum Gasteiger partial charge on any atom is -0.329 e. The van der Waals surface area contributed by atoms with Crippen molar-refractivity contribution in [3.63, 3.8) is 0 Å². The van der Waals surface area contributed by atoms with Crippen molar-refractivity contribution in [1.29, 1.82) is 0 Å². The molecule has 2 N–H and O–H groups in total. The predicted molar refractivity (Wildman–Crippen MR) is 78.8 cm³/mol. The van der Waals surface area contributed by atoms with E-state index in [1.54, 1.807) is 6.92 Å². The molecule has 0 bridgehead atoms. The van der Waals surface area contributed by atoms with Crippen LogP contribution in [0.1, 0.15) is 6.92 Å². The van der Waals surface area contributed by atoms with Crippen LogP contribution in [0.3, 0.4) is 0 Å². The fourth-order valence-electron chi connectivity index (χ4n) is 1.35. The van der Waals surface area contributed by atoms with Gasteiger partial charge in [-0.05, 0) is 13.0 Å². The SMILES string of the molecule is CC(CN)N(C)S(=O)(=O)c1ccc([N+](=O)[O-])cc1Cl.Cl. The largest absolute Gasteiger partial charge is 0.329 e. The number of halogens is 2. The molecule has 20 heavy (non-hydrogen) atoms. The first kappa shape index (κ1) is 19.1. The van der Waals surface area contributed by atoms with Gasteiger partial charge in [0.05, 0.1) is 9.95 Å². The molecular formula is C10H15Cl2N3O4S. The van der Waals surface area contributed by atoms with Crippen molar-refractivity contribution in [2.24, 2.45) is 5.73 Å². The summed E-state index contributed by atoms with van der Waals surface area (Å²) in [7, 11) is -2.45. The molecule has 0 aliphatic rings. The number of hydrogen-bond donors (Lipinski definition) is 1. The molecule has 0 heterocycles. The fourth-order valence-corrected chi connectivity index (χ4v) is 3.24. The van der Waals surface area contributed by atoms with Crippen molar-refractivity contribution in [1.82, 2.24) is 4.31 Å². The summed E-state index contributed by atoms with van der Waals surface area (Å²) >= 11 is 5.81. The molecule has 0 fully saturated rings. The molecule has 0 saturated carbocycles. The van der Waals surface area contributed by atoms with Crippen LogP contribution >= 0.6 is 24.0 Å². The maximum atomic E-state index is 12.3. The molecule has 0 amide bonds. The summed E-state index contributed by atoms with van der Waals surface area (Å²) in [4.78, 5) is 9.75. The number of nitro groups is 1. The van der Waals surface area contributed by atoms with E-state index < -0.39 is 21.0 Å². The molecule has 114 valence electrons. The van der Waals surface area contributed by atoms with Gasteiger partial charge in [-0.1, -0.05) is 11.6 Å². The summed E-state index contributed by atoms with van der Waals surface area (Å²) in [5.41, 5.74) is 5.16. The van der Waals surface area contributed by atoms with E-state index in [0.29, 0.717) is 0 Å². The van der Waals surface area contributed by atoms with E-state index in [4.69, 9.17) is 17.3 Å². The standard InChI is InChI=1S/C10H14ClN3O4S.ClH/c1-7(6-12)13(2)19(17,18)10-4-3-8(14(15)16)5-9(10)11;/h3-5,7H,6,12H2,1-2H3;1H. The summed E-state index contributed by atoms with van der Waals surface area (Å²) in [6.07, 6.45) is 0. The highest BCUT2D eigenvalue weighted by molar-refractivity contribution is 7.89. The van der Waals surface area contributed by atoms with Crippen molar-refractivity contribution in [3.05, 3.63) is 33.3 Å². The fraction of sp³-hybridized carbons (Fsp3) is 0.400. The summed E-state index contributed by atoms with van der Waals surface area (Å²) in [6.45, 7) is 1.80. The number of nitro benzene ring substituents is 1. The molecule has 0 radical (unpaired) electrons. The van der Waals surface area contributed by atoms with Crippen molar-refractivity contribution < 1.29 is 13.3 Å². The van der Waals surface area contributed by atoms with Crippen molar-refractivity contribution in [2.45, 2.75) is 17.9 Å². The third-order valence-corrected chi connectivity index (χ3v) is 5.20. The van der Waals surface area contributed by atoms with Gasteiger partial charge in [0.2, 0.25) is 10.0 Å². The second-order valence-electron chi connectivity index (χ2n) is 3.98. The Kier molecular flexibility index (Phi) is 6.85. The van der Waals surface area contributed by atoms with E-state index in [2.05, 4.69) is 0 Å². The van der Waals surface area contributed by atoms with Crippen LogP contribution in [0.25, 0.3) is 0 Å². The second-order valence-corrected chi connectivity index (χ2v) is 6.35. The van der Waals surface area contributed by atoms with Crippen LogP contribution in [0.15, 0.2) is 23.1 Å². The Morgan fingerprint density at radius 2 is 2.05 bits per heavy atom. The van der Waals surface area contributed by atoms with Gasteiger partial charge in [-0.15, -0.1) is 12.4 Å². The molecule has 0 aliphatic heterocycles. The summed E-state index contributed by atoms with van der Waals surface area (Å²) in [5.74, 6) is 0. The second kappa shape index (κ2) is 7.19. The van der Waals surface area contributed by atoms with Crippen molar-refractivity contribution in [3.8, 4) is 0 Å². The van der Waals surface area contributed by atoms with Gasteiger partial charge in [0.15, 0.2) is 0 Å². The number of non-ortho nitro benzene ring substituents is 1. The maximum absolute atomic E-state index is 12.3. The quantitative estimate of drug-likeness (QED) is 0.645. The lowest BCUT2D eigenvalue weighted by Crippen LogP contribution is -2.39. The van der Waals surface area contributed by atoms with Crippen LogP contribution in [0.5, 0.6) is 0 Å². The predicted octanol–water partition coefficient (Wildman–Crippen LogP) is 1.64. The van der Waals surface area contributed by atoms with Gasteiger partial charge in [0, 0.05) is 31.8 Å².